The number of anilines is 1. The molecule has 0 spiro atoms. The molecule has 1 fully saturated rings. The molecular formula is C20H28ClIN6. The van der Waals surface area contributed by atoms with Gasteiger partial charge in [-0.05, 0) is 42.4 Å². The zero-order chi connectivity index (χ0) is 19.1. The molecular weight excluding hydrogens is 487 g/mol. The number of guanidine groups is 1. The number of piperazine rings is 1. The summed E-state index contributed by atoms with van der Waals surface area (Å²) in [7, 11) is 3.94. The maximum absolute atomic E-state index is 5.93. The lowest BCUT2D eigenvalue weighted by atomic mass is 10.2. The van der Waals surface area contributed by atoms with Gasteiger partial charge in [-0.15, -0.1) is 24.0 Å². The molecule has 28 heavy (non-hydrogen) atoms. The Hall–Kier alpha value is -1.58. The van der Waals surface area contributed by atoms with Crippen LogP contribution in [0.4, 0.5) is 5.82 Å². The molecule has 1 saturated heterocycles. The predicted molar refractivity (Wildman–Crippen MR) is 128 cm³/mol. The molecule has 0 amide bonds. The Morgan fingerprint density at radius 1 is 1.04 bits per heavy atom. The van der Waals surface area contributed by atoms with Crippen LogP contribution in [-0.4, -0.2) is 56.1 Å². The third-order valence-electron chi connectivity index (χ3n) is 4.69. The van der Waals surface area contributed by atoms with E-state index in [1.807, 2.05) is 36.5 Å². The minimum atomic E-state index is 0. The molecule has 1 aromatic heterocycles. The molecule has 6 nitrogen and oxygen atoms in total. The van der Waals surface area contributed by atoms with Gasteiger partial charge in [-0.25, -0.2) is 4.98 Å². The number of pyridine rings is 1. The zero-order valence-corrected chi connectivity index (χ0v) is 19.4. The van der Waals surface area contributed by atoms with E-state index in [4.69, 9.17) is 11.6 Å². The average Bonchev–Trinajstić information content (AvgIpc) is 2.70. The van der Waals surface area contributed by atoms with Crippen LogP contribution < -0.4 is 15.5 Å². The Bertz CT molecular complexity index is 760. The van der Waals surface area contributed by atoms with Crippen LogP contribution in [0.2, 0.25) is 5.02 Å². The van der Waals surface area contributed by atoms with Gasteiger partial charge in [0, 0.05) is 57.5 Å². The van der Waals surface area contributed by atoms with Crippen molar-refractivity contribution < 1.29 is 0 Å². The summed E-state index contributed by atoms with van der Waals surface area (Å²) in [5.74, 6) is 1.81. The van der Waals surface area contributed by atoms with E-state index in [0.717, 1.165) is 48.5 Å². The van der Waals surface area contributed by atoms with Crippen molar-refractivity contribution in [3.05, 3.63) is 58.7 Å². The van der Waals surface area contributed by atoms with E-state index in [0.29, 0.717) is 13.1 Å². The van der Waals surface area contributed by atoms with E-state index < -0.39 is 0 Å². The van der Waals surface area contributed by atoms with Gasteiger partial charge in [0.1, 0.15) is 5.82 Å². The number of nitrogens with zero attached hydrogens (tertiary/aromatic N) is 4. The Labute approximate surface area is 189 Å². The summed E-state index contributed by atoms with van der Waals surface area (Å²) >= 11 is 5.93. The van der Waals surface area contributed by atoms with E-state index in [1.54, 1.807) is 7.05 Å². The molecule has 0 saturated carbocycles. The first-order chi connectivity index (χ1) is 13.1. The van der Waals surface area contributed by atoms with Crippen molar-refractivity contribution >= 4 is 47.4 Å². The fraction of sp³-hybridized carbons (Fsp3) is 0.400. The van der Waals surface area contributed by atoms with Crippen molar-refractivity contribution in [2.24, 2.45) is 4.99 Å². The summed E-state index contributed by atoms with van der Waals surface area (Å²) < 4.78 is 0. The van der Waals surface area contributed by atoms with E-state index in [9.17, 15) is 0 Å². The standard InChI is InChI=1S/C20H27ClN6.HI/c1-22-20(24-14-16-3-5-18(21)6-4-16)25-15-17-7-8-23-19(13-17)27-11-9-26(2)10-12-27;/h3-8,13H,9-12,14-15H2,1-2H3,(H2,22,24,25);1H. The lowest BCUT2D eigenvalue weighted by Crippen LogP contribution is -2.44. The van der Waals surface area contributed by atoms with Crippen LogP contribution in [0.3, 0.4) is 0 Å². The van der Waals surface area contributed by atoms with Crippen LogP contribution in [0.15, 0.2) is 47.6 Å². The lowest BCUT2D eigenvalue weighted by molar-refractivity contribution is 0.312. The summed E-state index contributed by atoms with van der Waals surface area (Å²) in [6.45, 7) is 5.58. The first kappa shape index (κ1) is 22.7. The number of halogens is 2. The molecule has 1 aromatic carbocycles. The number of nitrogens with one attached hydrogen (secondary N) is 2. The molecule has 0 atom stereocenters. The minimum absolute atomic E-state index is 0. The van der Waals surface area contributed by atoms with Gasteiger partial charge in [0.05, 0.1) is 0 Å². The van der Waals surface area contributed by atoms with Crippen LogP contribution in [0.1, 0.15) is 11.1 Å². The highest BCUT2D eigenvalue weighted by Crippen LogP contribution is 2.14. The van der Waals surface area contributed by atoms with Gasteiger partial charge in [0.25, 0.3) is 0 Å². The molecule has 8 heteroatoms. The fourth-order valence-corrected chi connectivity index (χ4v) is 3.10. The second kappa shape index (κ2) is 11.4. The van der Waals surface area contributed by atoms with Crippen LogP contribution in [0.25, 0.3) is 0 Å². The Morgan fingerprint density at radius 3 is 2.32 bits per heavy atom. The van der Waals surface area contributed by atoms with E-state index in [1.165, 1.54) is 5.56 Å². The number of hydrogen-bond donors (Lipinski definition) is 2. The summed E-state index contributed by atoms with van der Waals surface area (Å²) in [4.78, 5) is 13.5. The van der Waals surface area contributed by atoms with Gasteiger partial charge in [-0.1, -0.05) is 23.7 Å². The van der Waals surface area contributed by atoms with Crippen molar-refractivity contribution in [2.45, 2.75) is 13.1 Å². The van der Waals surface area contributed by atoms with Crippen LogP contribution in [0.5, 0.6) is 0 Å². The molecule has 0 aliphatic carbocycles. The first-order valence-corrected chi connectivity index (χ1v) is 9.59. The van der Waals surface area contributed by atoms with E-state index in [2.05, 4.69) is 43.5 Å². The summed E-state index contributed by atoms with van der Waals surface area (Å²) in [6, 6.07) is 12.0. The first-order valence-electron chi connectivity index (χ1n) is 9.21. The van der Waals surface area contributed by atoms with Gasteiger partial charge in [0.2, 0.25) is 0 Å². The Kier molecular flexibility index (Phi) is 9.27. The predicted octanol–water partition coefficient (Wildman–Crippen LogP) is 2.97. The van der Waals surface area contributed by atoms with Crippen molar-refractivity contribution in [3.8, 4) is 0 Å². The molecule has 0 unspecified atom stereocenters. The van der Waals surface area contributed by atoms with Gasteiger partial charge in [0.15, 0.2) is 5.96 Å². The minimum Gasteiger partial charge on any atom is -0.354 e. The second-order valence-electron chi connectivity index (χ2n) is 6.72. The highest BCUT2D eigenvalue weighted by molar-refractivity contribution is 14.0. The van der Waals surface area contributed by atoms with Gasteiger partial charge in [-0.2, -0.15) is 0 Å². The van der Waals surface area contributed by atoms with Crippen LogP contribution in [0, 0.1) is 0 Å². The van der Waals surface area contributed by atoms with Crippen LogP contribution in [-0.2, 0) is 13.1 Å². The molecule has 1 aliphatic rings. The van der Waals surface area contributed by atoms with Gasteiger partial charge < -0.3 is 20.4 Å². The highest BCUT2D eigenvalue weighted by atomic mass is 127. The lowest BCUT2D eigenvalue weighted by Gasteiger charge is -2.33. The maximum Gasteiger partial charge on any atom is 0.191 e. The topological polar surface area (TPSA) is 55.8 Å². The largest absolute Gasteiger partial charge is 0.354 e. The third kappa shape index (κ3) is 6.79. The van der Waals surface area contributed by atoms with Crippen molar-refractivity contribution in [1.82, 2.24) is 20.5 Å². The monoisotopic (exact) mass is 514 g/mol. The summed E-state index contributed by atoms with van der Waals surface area (Å²) in [6.07, 6.45) is 1.88. The van der Waals surface area contributed by atoms with Crippen molar-refractivity contribution in [1.29, 1.82) is 0 Å². The normalized spacial score (nSPS) is 15.1. The van der Waals surface area contributed by atoms with E-state index >= 15 is 0 Å². The second-order valence-corrected chi connectivity index (χ2v) is 7.15. The maximum atomic E-state index is 5.93. The third-order valence-corrected chi connectivity index (χ3v) is 4.95. The quantitative estimate of drug-likeness (QED) is 0.365. The molecule has 1 aliphatic heterocycles. The SMILES string of the molecule is CN=C(NCc1ccc(Cl)cc1)NCc1ccnc(N2CCN(C)CC2)c1.I. The number of rotatable bonds is 5. The summed E-state index contributed by atoms with van der Waals surface area (Å²) in [5, 5.41) is 7.43. The molecule has 0 bridgehead atoms. The molecule has 2 heterocycles. The molecule has 3 rings (SSSR count). The molecule has 2 N–H and O–H groups in total. The van der Waals surface area contributed by atoms with Gasteiger partial charge >= 0.3 is 0 Å². The number of likely N-dealkylation sites (N-methyl/N-ethyl adjacent to an activating group) is 1. The van der Waals surface area contributed by atoms with Crippen LogP contribution >= 0.6 is 35.6 Å². The Morgan fingerprint density at radius 2 is 1.68 bits per heavy atom. The number of aliphatic imine (C=N–C) groups is 1. The van der Waals surface area contributed by atoms with Crippen molar-refractivity contribution in [3.63, 3.8) is 0 Å². The summed E-state index contributed by atoms with van der Waals surface area (Å²) in [5.41, 5.74) is 2.34. The number of hydrogen-bond acceptors (Lipinski definition) is 4. The fourth-order valence-electron chi connectivity index (χ4n) is 2.97. The van der Waals surface area contributed by atoms with E-state index in [-0.39, 0.29) is 24.0 Å². The highest BCUT2D eigenvalue weighted by Gasteiger charge is 2.15. The average molecular weight is 515 g/mol. The molecule has 2 aromatic rings. The number of aromatic nitrogens is 1. The number of benzene rings is 1. The Balaban J connectivity index is 0.00000280. The molecule has 152 valence electrons. The molecule has 0 radical (unpaired) electrons. The zero-order valence-electron chi connectivity index (χ0n) is 16.4. The van der Waals surface area contributed by atoms with Crippen molar-refractivity contribution in [2.75, 3.05) is 45.2 Å². The van der Waals surface area contributed by atoms with Gasteiger partial charge in [-0.3, -0.25) is 4.99 Å². The smallest absolute Gasteiger partial charge is 0.191 e.